The largest absolute Gasteiger partial charge is 0.425 e. The number of aliphatic imine (C=N–C) groups is 2. The number of imide groups is 1. The van der Waals surface area contributed by atoms with Crippen molar-refractivity contribution in [3.8, 4) is 12.3 Å². The Labute approximate surface area is 154 Å². The predicted molar refractivity (Wildman–Crippen MR) is 103 cm³/mol. The third-order valence-corrected chi connectivity index (χ3v) is 3.19. The van der Waals surface area contributed by atoms with Crippen LogP contribution >= 0.6 is 0 Å². The van der Waals surface area contributed by atoms with Crippen LogP contribution in [0.15, 0.2) is 46.1 Å². The highest BCUT2D eigenvalue weighted by atomic mass is 16.5. The number of nitrogens with one attached hydrogen (secondary N) is 1. The highest BCUT2D eigenvalue weighted by molar-refractivity contribution is 5.97. The summed E-state index contributed by atoms with van der Waals surface area (Å²) in [5.74, 6) is 2.71. The summed E-state index contributed by atoms with van der Waals surface area (Å²) >= 11 is 0. The van der Waals surface area contributed by atoms with Gasteiger partial charge < -0.3 is 9.64 Å². The van der Waals surface area contributed by atoms with Crippen molar-refractivity contribution in [2.45, 2.75) is 26.7 Å². The molecule has 1 saturated heterocycles. The number of rotatable bonds is 7. The second kappa shape index (κ2) is 11.4. The Kier molecular flexibility index (Phi) is 9.18. The summed E-state index contributed by atoms with van der Waals surface area (Å²) < 4.78 is 5.70. The molecule has 0 aromatic rings. The van der Waals surface area contributed by atoms with Crippen molar-refractivity contribution in [3.05, 3.63) is 36.1 Å². The zero-order valence-corrected chi connectivity index (χ0v) is 15.2. The third-order valence-electron chi connectivity index (χ3n) is 3.19. The van der Waals surface area contributed by atoms with Gasteiger partial charge in [-0.05, 0) is 31.6 Å². The van der Waals surface area contributed by atoms with Crippen LogP contribution in [0.4, 0.5) is 4.79 Å². The average molecular weight is 356 g/mol. The van der Waals surface area contributed by atoms with Crippen molar-refractivity contribution in [1.82, 2.24) is 10.2 Å². The van der Waals surface area contributed by atoms with Gasteiger partial charge in [-0.3, -0.25) is 10.1 Å². The molecule has 0 unspecified atom stereocenters. The Morgan fingerprint density at radius 2 is 2.19 bits per heavy atom. The zero-order chi connectivity index (χ0) is 19.4. The van der Waals surface area contributed by atoms with Crippen molar-refractivity contribution in [2.75, 3.05) is 19.6 Å². The second-order valence-electron chi connectivity index (χ2n) is 5.24. The smallest absolute Gasteiger partial charge is 0.324 e. The van der Waals surface area contributed by atoms with E-state index < -0.39 is 6.03 Å². The van der Waals surface area contributed by atoms with Gasteiger partial charge in [-0.15, -0.1) is 6.42 Å². The van der Waals surface area contributed by atoms with Crippen LogP contribution in [-0.4, -0.2) is 48.7 Å². The number of carbonyl (C=O) groups is 2. The molecule has 7 nitrogen and oxygen atoms in total. The summed E-state index contributed by atoms with van der Waals surface area (Å²) in [6.45, 7) is 8.64. The van der Waals surface area contributed by atoms with E-state index in [1.807, 2.05) is 19.9 Å². The van der Waals surface area contributed by atoms with E-state index in [0.717, 1.165) is 6.42 Å². The molecule has 1 heterocycles. The van der Waals surface area contributed by atoms with Gasteiger partial charge in [0.15, 0.2) is 0 Å². The molecule has 1 N–H and O–H groups in total. The van der Waals surface area contributed by atoms with Gasteiger partial charge in [-0.1, -0.05) is 19.4 Å². The van der Waals surface area contributed by atoms with Gasteiger partial charge in [-0.2, -0.15) is 0 Å². The number of nitrogens with zero attached hydrogens (tertiary/aromatic N) is 3. The van der Waals surface area contributed by atoms with E-state index in [9.17, 15) is 9.59 Å². The highest BCUT2D eigenvalue weighted by Crippen LogP contribution is 2.06. The molecule has 1 rings (SSSR count). The molecule has 138 valence electrons. The van der Waals surface area contributed by atoms with Gasteiger partial charge in [0, 0.05) is 31.3 Å². The maximum Gasteiger partial charge on any atom is 0.324 e. The lowest BCUT2D eigenvalue weighted by molar-refractivity contribution is -0.121. The lowest BCUT2D eigenvalue weighted by atomic mass is 10.2. The minimum Gasteiger partial charge on any atom is -0.425 e. The standard InChI is InChI=1S/C19H24N4O3/c1-5-8-16(10-9-15(4)6-2)26-18(20-7-3)21-12-14-23-13-11-17(24)22-19(23)25/h2,8-10,12H,4-5,7,11,13-14H2,1,3H3,(H,22,24,25)/b10-9-,16-8+,20-18?,21-12?. The third kappa shape index (κ3) is 7.62. The molecule has 1 aliphatic rings. The Hall–Kier alpha value is -3.14. The molecule has 1 fully saturated rings. The van der Waals surface area contributed by atoms with Gasteiger partial charge in [0.1, 0.15) is 5.76 Å². The summed E-state index contributed by atoms with van der Waals surface area (Å²) in [5, 5.41) is 2.26. The number of terminal acetylenes is 1. The maximum absolute atomic E-state index is 11.7. The monoisotopic (exact) mass is 356 g/mol. The van der Waals surface area contributed by atoms with E-state index in [-0.39, 0.29) is 24.9 Å². The number of allylic oxidation sites excluding steroid dienone is 4. The molecule has 0 spiro atoms. The first-order chi connectivity index (χ1) is 12.5. The van der Waals surface area contributed by atoms with Crippen LogP contribution in [0.1, 0.15) is 26.7 Å². The molecule has 0 atom stereocenters. The van der Waals surface area contributed by atoms with E-state index in [4.69, 9.17) is 11.2 Å². The first-order valence-electron chi connectivity index (χ1n) is 8.37. The number of hydrogen-bond acceptors (Lipinski definition) is 4. The molecule has 0 saturated carbocycles. The number of amidine groups is 1. The summed E-state index contributed by atoms with van der Waals surface area (Å²) in [6.07, 6.45) is 13.1. The molecule has 1 aliphatic heterocycles. The van der Waals surface area contributed by atoms with Gasteiger partial charge >= 0.3 is 12.1 Å². The fourth-order valence-electron chi connectivity index (χ4n) is 1.91. The first kappa shape index (κ1) is 20.9. The van der Waals surface area contributed by atoms with Crippen LogP contribution in [0.3, 0.4) is 0 Å². The second-order valence-corrected chi connectivity index (χ2v) is 5.24. The van der Waals surface area contributed by atoms with Crippen LogP contribution in [0.5, 0.6) is 0 Å². The van der Waals surface area contributed by atoms with Gasteiger partial charge in [0.05, 0.1) is 6.54 Å². The molecule has 3 amide bonds. The Morgan fingerprint density at radius 3 is 2.81 bits per heavy atom. The maximum atomic E-state index is 11.7. The Bertz CT molecular complexity index is 696. The van der Waals surface area contributed by atoms with Crippen molar-refractivity contribution >= 4 is 24.2 Å². The molecule has 0 bridgehead atoms. The zero-order valence-electron chi connectivity index (χ0n) is 15.2. The minimum atomic E-state index is -0.426. The van der Waals surface area contributed by atoms with Crippen LogP contribution in [0.2, 0.25) is 0 Å². The molecule has 7 heteroatoms. The van der Waals surface area contributed by atoms with E-state index in [2.05, 4.69) is 27.8 Å². The van der Waals surface area contributed by atoms with E-state index in [0.29, 0.717) is 24.4 Å². The summed E-state index contributed by atoms with van der Waals surface area (Å²) in [5.41, 5.74) is 0.527. The van der Waals surface area contributed by atoms with Gasteiger partial charge in [0.2, 0.25) is 5.91 Å². The van der Waals surface area contributed by atoms with Crippen molar-refractivity contribution < 1.29 is 14.3 Å². The summed E-state index contributed by atoms with van der Waals surface area (Å²) in [7, 11) is 0. The van der Waals surface area contributed by atoms with Gasteiger partial charge in [-0.25, -0.2) is 14.8 Å². The molecule has 0 radical (unpaired) electrons. The Balaban J connectivity index is 2.74. The molecule has 0 aromatic carbocycles. The molecule has 26 heavy (non-hydrogen) atoms. The molecular weight excluding hydrogens is 332 g/mol. The number of urea groups is 1. The predicted octanol–water partition coefficient (Wildman–Crippen LogP) is 2.43. The quantitative estimate of drug-likeness (QED) is 0.250. The minimum absolute atomic E-state index is 0.177. The lowest BCUT2D eigenvalue weighted by Crippen LogP contribution is -2.49. The number of ether oxygens (including phenoxy) is 1. The van der Waals surface area contributed by atoms with E-state index >= 15 is 0 Å². The van der Waals surface area contributed by atoms with Crippen LogP contribution in [0, 0.1) is 12.3 Å². The van der Waals surface area contributed by atoms with Crippen LogP contribution in [0.25, 0.3) is 0 Å². The van der Waals surface area contributed by atoms with Gasteiger partial charge in [0.25, 0.3) is 0 Å². The Morgan fingerprint density at radius 1 is 1.42 bits per heavy atom. The van der Waals surface area contributed by atoms with E-state index in [1.165, 1.54) is 11.1 Å². The fraction of sp³-hybridized carbons (Fsp3) is 0.368. The van der Waals surface area contributed by atoms with Crippen molar-refractivity contribution in [2.24, 2.45) is 9.98 Å². The highest BCUT2D eigenvalue weighted by Gasteiger charge is 2.21. The number of amides is 3. The van der Waals surface area contributed by atoms with Crippen LogP contribution in [-0.2, 0) is 9.53 Å². The SMILES string of the molecule is C#CC(=C)/C=C\C(=C/CC)OC(N=CCN1CCC(=O)NC1=O)=NCC. The first-order valence-corrected chi connectivity index (χ1v) is 8.37. The average Bonchev–Trinajstić information content (AvgIpc) is 2.61. The van der Waals surface area contributed by atoms with Crippen molar-refractivity contribution in [1.29, 1.82) is 0 Å². The normalized spacial score (nSPS) is 16.1. The summed E-state index contributed by atoms with van der Waals surface area (Å²) in [4.78, 5) is 32.7. The van der Waals surface area contributed by atoms with E-state index in [1.54, 1.807) is 12.2 Å². The van der Waals surface area contributed by atoms with Crippen molar-refractivity contribution in [3.63, 3.8) is 0 Å². The lowest BCUT2D eigenvalue weighted by Gasteiger charge is -2.24. The molecule has 0 aromatic heterocycles. The van der Waals surface area contributed by atoms with Crippen LogP contribution < -0.4 is 5.32 Å². The fourth-order valence-corrected chi connectivity index (χ4v) is 1.91. The number of hydrogen-bond donors (Lipinski definition) is 1. The molecule has 0 aliphatic carbocycles. The summed E-state index contributed by atoms with van der Waals surface area (Å²) in [6, 6.07) is -0.249. The number of carbonyl (C=O) groups excluding carboxylic acids is 2. The topological polar surface area (TPSA) is 83.4 Å². The molecular formula is C19H24N4O3.